The van der Waals surface area contributed by atoms with Gasteiger partial charge in [-0.2, -0.15) is 0 Å². The number of carbonyl (C=O) groups excluding carboxylic acids is 1. The van der Waals surface area contributed by atoms with Crippen LogP contribution in [0.3, 0.4) is 0 Å². The van der Waals surface area contributed by atoms with Crippen molar-refractivity contribution in [3.05, 3.63) is 65.5 Å². The van der Waals surface area contributed by atoms with Crippen molar-refractivity contribution >= 4 is 27.6 Å². The standard InChI is InChI=1S/C24H30FN5O4S/c1-23(19-13-18(9-10-20(19)25)27-21(31)15-34-3)24(35(32,33)29(2)22(26)28-23)11-12-30(16-24)14-17-7-5-4-6-8-17/h4-10,13H,11-12,14-16H2,1-3H3,(H2,26,28)(H,27,31)/t23-,24-/m1/s1. The summed E-state index contributed by atoms with van der Waals surface area (Å²) in [7, 11) is -1.34. The lowest BCUT2D eigenvalue weighted by atomic mass is 9.77. The zero-order valence-corrected chi connectivity index (χ0v) is 20.8. The molecule has 0 aromatic heterocycles. The van der Waals surface area contributed by atoms with E-state index < -0.39 is 32.0 Å². The Morgan fingerprint density at radius 1 is 1.26 bits per heavy atom. The summed E-state index contributed by atoms with van der Waals surface area (Å²) >= 11 is 0. The zero-order valence-electron chi connectivity index (χ0n) is 20.0. The fourth-order valence-electron chi connectivity index (χ4n) is 5.15. The van der Waals surface area contributed by atoms with Crippen molar-refractivity contribution < 1.29 is 22.3 Å². The number of methoxy groups -OCH3 is 1. The highest BCUT2D eigenvalue weighted by atomic mass is 32.2. The van der Waals surface area contributed by atoms with Gasteiger partial charge in [-0.15, -0.1) is 0 Å². The summed E-state index contributed by atoms with van der Waals surface area (Å²) < 4.78 is 47.5. The van der Waals surface area contributed by atoms with Crippen molar-refractivity contribution in [2.75, 3.05) is 39.2 Å². The molecule has 2 aliphatic rings. The first-order chi connectivity index (χ1) is 16.5. The van der Waals surface area contributed by atoms with Crippen LogP contribution in [0.5, 0.6) is 0 Å². The highest BCUT2D eigenvalue weighted by Crippen LogP contribution is 2.49. The number of likely N-dealkylation sites (tertiary alicyclic amines) is 1. The third-order valence-electron chi connectivity index (χ3n) is 7.07. The summed E-state index contributed by atoms with van der Waals surface area (Å²) in [5.74, 6) is -1.39. The Labute approximate surface area is 204 Å². The molecular formula is C24H30FN5O4S. The monoisotopic (exact) mass is 503 g/mol. The smallest absolute Gasteiger partial charge is 0.250 e. The van der Waals surface area contributed by atoms with Gasteiger partial charge in [-0.3, -0.25) is 15.1 Å². The number of hydrogen-bond donors (Lipinski definition) is 3. The van der Waals surface area contributed by atoms with E-state index in [1.807, 2.05) is 35.2 Å². The van der Waals surface area contributed by atoms with Gasteiger partial charge in [-0.1, -0.05) is 30.3 Å². The minimum absolute atomic E-state index is 0.0655. The average Bonchev–Trinajstić information content (AvgIpc) is 3.25. The van der Waals surface area contributed by atoms with Crippen molar-refractivity contribution in [1.82, 2.24) is 14.5 Å². The van der Waals surface area contributed by atoms with E-state index in [1.54, 1.807) is 6.92 Å². The molecular weight excluding hydrogens is 473 g/mol. The molecule has 2 aliphatic heterocycles. The molecule has 4 rings (SSSR count). The average molecular weight is 504 g/mol. The molecule has 3 N–H and O–H groups in total. The van der Waals surface area contributed by atoms with Gasteiger partial charge in [0.2, 0.25) is 21.9 Å². The highest BCUT2D eigenvalue weighted by Gasteiger charge is 2.66. The number of hydrogen-bond acceptors (Lipinski definition) is 6. The number of carbonyl (C=O) groups is 1. The number of rotatable bonds is 6. The van der Waals surface area contributed by atoms with Crippen molar-refractivity contribution in [1.29, 1.82) is 5.41 Å². The van der Waals surface area contributed by atoms with E-state index in [4.69, 9.17) is 10.1 Å². The van der Waals surface area contributed by atoms with Gasteiger partial charge >= 0.3 is 0 Å². The molecule has 2 atom stereocenters. The molecule has 9 nitrogen and oxygen atoms in total. The molecule has 0 saturated carbocycles. The quantitative estimate of drug-likeness (QED) is 0.556. The van der Waals surface area contributed by atoms with Crippen LogP contribution in [-0.2, 0) is 31.6 Å². The van der Waals surface area contributed by atoms with Gasteiger partial charge in [0.15, 0.2) is 0 Å². The van der Waals surface area contributed by atoms with Crippen LogP contribution in [0.2, 0.25) is 0 Å². The van der Waals surface area contributed by atoms with Gasteiger partial charge < -0.3 is 15.4 Å². The fraction of sp³-hybridized carbons (Fsp3) is 0.417. The van der Waals surface area contributed by atoms with Gasteiger partial charge in [0.05, 0.1) is 5.54 Å². The number of guanidine groups is 1. The number of anilines is 1. The Kier molecular flexibility index (Phi) is 6.60. The summed E-state index contributed by atoms with van der Waals surface area (Å²) in [6.45, 7) is 2.62. The minimum atomic E-state index is -4.06. The third kappa shape index (κ3) is 4.17. The number of amides is 1. The Hall–Kier alpha value is -3.02. The Bertz CT molecular complexity index is 1240. The van der Waals surface area contributed by atoms with E-state index >= 15 is 4.39 Å². The normalized spacial score (nSPS) is 26.1. The summed E-state index contributed by atoms with van der Waals surface area (Å²) in [5, 5.41) is 14.0. The molecule has 2 saturated heterocycles. The largest absolute Gasteiger partial charge is 0.375 e. The van der Waals surface area contributed by atoms with E-state index in [2.05, 4.69) is 10.6 Å². The fourth-order valence-corrected chi connectivity index (χ4v) is 7.33. The molecule has 1 spiro atoms. The lowest BCUT2D eigenvalue weighted by Gasteiger charge is -2.52. The predicted octanol–water partition coefficient (Wildman–Crippen LogP) is 2.07. The van der Waals surface area contributed by atoms with Crippen molar-refractivity contribution in [3.8, 4) is 0 Å². The second-order valence-corrected chi connectivity index (χ2v) is 11.5. The first kappa shape index (κ1) is 25.1. The second kappa shape index (κ2) is 9.21. The number of nitrogens with zero attached hydrogens (tertiary/aromatic N) is 2. The summed E-state index contributed by atoms with van der Waals surface area (Å²) in [4.78, 5) is 14.1. The molecule has 1 amide bonds. The maximum absolute atomic E-state index is 15.4. The van der Waals surface area contributed by atoms with Crippen LogP contribution in [0.4, 0.5) is 10.1 Å². The highest BCUT2D eigenvalue weighted by molar-refractivity contribution is 7.91. The second-order valence-electron chi connectivity index (χ2n) is 9.19. The van der Waals surface area contributed by atoms with Crippen LogP contribution < -0.4 is 10.6 Å². The Morgan fingerprint density at radius 3 is 2.66 bits per heavy atom. The molecule has 188 valence electrons. The van der Waals surface area contributed by atoms with E-state index in [9.17, 15) is 13.2 Å². The van der Waals surface area contributed by atoms with Crippen LogP contribution >= 0.6 is 0 Å². The maximum atomic E-state index is 15.4. The van der Waals surface area contributed by atoms with Gasteiger partial charge in [0.1, 0.15) is 17.2 Å². The summed E-state index contributed by atoms with van der Waals surface area (Å²) in [6.07, 6.45) is 0.239. The zero-order chi connectivity index (χ0) is 25.4. The first-order valence-electron chi connectivity index (χ1n) is 11.2. The number of sulfonamides is 1. The van der Waals surface area contributed by atoms with Crippen LogP contribution in [0.15, 0.2) is 48.5 Å². The third-order valence-corrected chi connectivity index (χ3v) is 9.71. The topological polar surface area (TPSA) is 115 Å². The summed E-state index contributed by atoms with van der Waals surface area (Å²) in [6, 6.07) is 13.8. The molecule has 0 radical (unpaired) electrons. The van der Waals surface area contributed by atoms with Gasteiger partial charge in [-0.05, 0) is 37.1 Å². The van der Waals surface area contributed by atoms with E-state index in [0.29, 0.717) is 18.8 Å². The molecule has 0 aliphatic carbocycles. The van der Waals surface area contributed by atoms with Gasteiger partial charge in [-0.25, -0.2) is 17.1 Å². The van der Waals surface area contributed by atoms with Crippen molar-refractivity contribution in [3.63, 3.8) is 0 Å². The molecule has 2 aromatic carbocycles. The minimum Gasteiger partial charge on any atom is -0.375 e. The van der Waals surface area contributed by atoms with Gasteiger partial charge in [0, 0.05) is 45.0 Å². The lowest BCUT2D eigenvalue weighted by molar-refractivity contribution is -0.119. The van der Waals surface area contributed by atoms with E-state index in [1.165, 1.54) is 32.4 Å². The Morgan fingerprint density at radius 2 is 1.97 bits per heavy atom. The lowest BCUT2D eigenvalue weighted by Crippen LogP contribution is -2.74. The van der Waals surface area contributed by atoms with Crippen LogP contribution in [0.1, 0.15) is 24.5 Å². The maximum Gasteiger partial charge on any atom is 0.250 e. The number of ether oxygens (including phenoxy) is 1. The van der Waals surface area contributed by atoms with Crippen molar-refractivity contribution in [2.45, 2.75) is 30.2 Å². The SMILES string of the molecule is COCC(=O)Nc1ccc(F)c([C@@]2(C)NC(=N)N(C)S(=O)(=O)[C@@]23CCN(Cc2ccccc2)C3)c1. The molecule has 2 aromatic rings. The van der Waals surface area contributed by atoms with Crippen LogP contribution in [-0.4, -0.2) is 68.1 Å². The molecule has 35 heavy (non-hydrogen) atoms. The first-order valence-corrected chi connectivity index (χ1v) is 12.7. The number of nitrogens with one attached hydrogen (secondary N) is 3. The number of benzene rings is 2. The number of halogens is 1. The molecule has 0 bridgehead atoms. The van der Waals surface area contributed by atoms with Crippen LogP contribution in [0.25, 0.3) is 0 Å². The van der Waals surface area contributed by atoms with Crippen molar-refractivity contribution in [2.24, 2.45) is 0 Å². The molecule has 2 fully saturated rings. The van der Waals surface area contributed by atoms with Crippen LogP contribution in [0, 0.1) is 11.2 Å². The Balaban J connectivity index is 1.78. The van der Waals surface area contributed by atoms with Gasteiger partial charge in [0.25, 0.3) is 0 Å². The van der Waals surface area contributed by atoms with E-state index in [0.717, 1.165) is 9.87 Å². The molecule has 11 heteroatoms. The summed E-state index contributed by atoms with van der Waals surface area (Å²) in [5.41, 5.74) is -0.0608. The molecule has 2 heterocycles. The molecule has 0 unspecified atom stereocenters. The predicted molar refractivity (Wildman–Crippen MR) is 131 cm³/mol. The van der Waals surface area contributed by atoms with E-state index in [-0.39, 0.29) is 31.1 Å².